The Morgan fingerprint density at radius 3 is 1.61 bits per heavy atom. The summed E-state index contributed by atoms with van der Waals surface area (Å²) in [6.45, 7) is 4.31. The largest absolute Gasteiger partial charge is 0.388 e. The zero-order chi connectivity index (χ0) is 13.0. The predicted molar refractivity (Wildman–Crippen MR) is 75.4 cm³/mol. The van der Waals surface area contributed by atoms with E-state index >= 15 is 0 Å². The van der Waals surface area contributed by atoms with Crippen LogP contribution in [0.25, 0.3) is 0 Å². The summed E-state index contributed by atoms with van der Waals surface area (Å²) < 4.78 is 0. The molecule has 2 rings (SSSR count). The maximum Gasteiger partial charge on any atom is 0.0860 e. The Hall–Kier alpha value is -1.60. The third-order valence-corrected chi connectivity index (χ3v) is 3.38. The van der Waals surface area contributed by atoms with Crippen molar-refractivity contribution in [3.05, 3.63) is 71.8 Å². The van der Waals surface area contributed by atoms with Gasteiger partial charge in [0.2, 0.25) is 0 Å². The molecule has 0 aromatic heterocycles. The number of aliphatic hydroxyl groups excluding tert-OH is 1. The van der Waals surface area contributed by atoms with E-state index in [4.69, 9.17) is 0 Å². The molecule has 1 N–H and O–H groups in total. The van der Waals surface area contributed by atoms with Crippen LogP contribution in [0.5, 0.6) is 0 Å². The Balaban J connectivity index is 2.32. The molecule has 0 spiro atoms. The lowest BCUT2D eigenvalue weighted by atomic mass is 9.81. The molecule has 0 aliphatic rings. The van der Waals surface area contributed by atoms with Crippen molar-refractivity contribution < 1.29 is 5.11 Å². The summed E-state index contributed by atoms with van der Waals surface area (Å²) in [5, 5.41) is 10.6. The molecule has 0 fully saturated rings. The first kappa shape index (κ1) is 12.8. The molecule has 0 saturated carbocycles. The van der Waals surface area contributed by atoms with Crippen molar-refractivity contribution in [2.24, 2.45) is 5.92 Å². The fourth-order valence-corrected chi connectivity index (χ4v) is 2.46. The van der Waals surface area contributed by atoms with Crippen LogP contribution in [0.3, 0.4) is 0 Å². The molecule has 94 valence electrons. The van der Waals surface area contributed by atoms with E-state index in [9.17, 15) is 5.11 Å². The minimum absolute atomic E-state index is 0.133. The Bertz CT molecular complexity index is 461. The van der Waals surface area contributed by atoms with Crippen LogP contribution in [0, 0.1) is 5.92 Å². The van der Waals surface area contributed by atoms with Crippen molar-refractivity contribution in [1.29, 1.82) is 0 Å². The molecular formula is C17H20O. The highest BCUT2D eigenvalue weighted by Gasteiger charge is 2.25. The summed E-state index contributed by atoms with van der Waals surface area (Å²) in [5.74, 6) is 0.524. The first-order chi connectivity index (χ1) is 8.70. The molecule has 1 heteroatoms. The molecule has 1 unspecified atom stereocenters. The van der Waals surface area contributed by atoms with E-state index in [0.717, 1.165) is 5.56 Å². The molecular weight excluding hydrogens is 220 g/mol. The predicted octanol–water partition coefficient (Wildman–Crippen LogP) is 4.16. The molecule has 0 amide bonds. The van der Waals surface area contributed by atoms with Gasteiger partial charge in [-0.2, -0.15) is 0 Å². The molecule has 2 aromatic rings. The van der Waals surface area contributed by atoms with Crippen LogP contribution < -0.4 is 0 Å². The Morgan fingerprint density at radius 1 is 0.722 bits per heavy atom. The molecule has 0 radical (unpaired) electrons. The van der Waals surface area contributed by atoms with E-state index < -0.39 is 6.10 Å². The lowest BCUT2D eigenvalue weighted by Gasteiger charge is -2.27. The molecule has 18 heavy (non-hydrogen) atoms. The third kappa shape index (κ3) is 2.80. The van der Waals surface area contributed by atoms with Crippen LogP contribution in [-0.2, 0) is 0 Å². The number of hydrogen-bond acceptors (Lipinski definition) is 1. The monoisotopic (exact) mass is 240 g/mol. The maximum atomic E-state index is 10.6. The van der Waals surface area contributed by atoms with Crippen molar-refractivity contribution >= 4 is 0 Å². The fourth-order valence-electron chi connectivity index (χ4n) is 2.46. The molecule has 0 saturated heterocycles. The Labute approximate surface area is 109 Å². The Kier molecular flexibility index (Phi) is 4.16. The molecule has 0 heterocycles. The molecule has 0 bridgehead atoms. The SMILES string of the molecule is CC(C)C(c1ccccc1)[C@H](O)c1ccccc1. The topological polar surface area (TPSA) is 20.2 Å². The number of rotatable bonds is 4. The summed E-state index contributed by atoms with van der Waals surface area (Å²) in [7, 11) is 0. The zero-order valence-corrected chi connectivity index (χ0v) is 11.0. The molecule has 2 atom stereocenters. The minimum atomic E-state index is -0.450. The van der Waals surface area contributed by atoms with E-state index in [2.05, 4.69) is 26.0 Å². The molecule has 1 nitrogen and oxygen atoms in total. The summed E-state index contributed by atoms with van der Waals surface area (Å²) in [6, 6.07) is 20.2. The van der Waals surface area contributed by atoms with Crippen LogP contribution in [-0.4, -0.2) is 5.11 Å². The zero-order valence-electron chi connectivity index (χ0n) is 11.0. The highest BCUT2D eigenvalue weighted by Crippen LogP contribution is 2.36. The second-order valence-electron chi connectivity index (χ2n) is 5.04. The van der Waals surface area contributed by atoms with Crippen molar-refractivity contribution in [1.82, 2.24) is 0 Å². The van der Waals surface area contributed by atoms with Crippen LogP contribution in [0.4, 0.5) is 0 Å². The minimum Gasteiger partial charge on any atom is -0.388 e. The highest BCUT2D eigenvalue weighted by molar-refractivity contribution is 5.27. The van der Waals surface area contributed by atoms with Gasteiger partial charge in [-0.1, -0.05) is 74.5 Å². The van der Waals surface area contributed by atoms with Gasteiger partial charge in [-0.05, 0) is 17.0 Å². The standard InChI is InChI=1S/C17H20O/c1-13(2)16(14-9-5-3-6-10-14)17(18)15-11-7-4-8-12-15/h3-13,16-18H,1-2H3/t16?,17-/m1/s1. The quantitative estimate of drug-likeness (QED) is 0.850. The van der Waals surface area contributed by atoms with E-state index in [-0.39, 0.29) is 5.92 Å². The van der Waals surface area contributed by atoms with Crippen molar-refractivity contribution in [3.63, 3.8) is 0 Å². The third-order valence-electron chi connectivity index (χ3n) is 3.38. The van der Waals surface area contributed by atoms with Crippen molar-refractivity contribution in [3.8, 4) is 0 Å². The molecule has 2 aromatic carbocycles. The normalized spacial score (nSPS) is 14.4. The summed E-state index contributed by atoms with van der Waals surface area (Å²) >= 11 is 0. The van der Waals surface area contributed by atoms with Gasteiger partial charge in [0.25, 0.3) is 0 Å². The Morgan fingerprint density at radius 2 is 1.17 bits per heavy atom. The molecule has 0 aliphatic heterocycles. The van der Waals surface area contributed by atoms with Crippen molar-refractivity contribution in [2.75, 3.05) is 0 Å². The summed E-state index contributed by atoms with van der Waals surface area (Å²) in [4.78, 5) is 0. The van der Waals surface area contributed by atoms with Gasteiger partial charge in [0.1, 0.15) is 0 Å². The average Bonchev–Trinajstić information content (AvgIpc) is 2.40. The fraction of sp³-hybridized carbons (Fsp3) is 0.294. The van der Waals surface area contributed by atoms with E-state index in [1.807, 2.05) is 48.5 Å². The van der Waals surface area contributed by atoms with Crippen molar-refractivity contribution in [2.45, 2.75) is 25.9 Å². The first-order valence-corrected chi connectivity index (χ1v) is 6.48. The highest BCUT2D eigenvalue weighted by atomic mass is 16.3. The van der Waals surface area contributed by atoms with Gasteiger partial charge in [0, 0.05) is 5.92 Å². The van der Waals surface area contributed by atoms with Crippen LogP contribution in [0.15, 0.2) is 60.7 Å². The van der Waals surface area contributed by atoms with Crippen LogP contribution in [0.1, 0.15) is 37.0 Å². The lowest BCUT2D eigenvalue weighted by molar-refractivity contribution is 0.123. The van der Waals surface area contributed by atoms with Gasteiger partial charge in [0.15, 0.2) is 0 Å². The summed E-state index contributed by atoms with van der Waals surface area (Å²) in [5.41, 5.74) is 2.18. The average molecular weight is 240 g/mol. The van der Waals surface area contributed by atoms with Gasteiger partial charge >= 0.3 is 0 Å². The second-order valence-corrected chi connectivity index (χ2v) is 5.04. The first-order valence-electron chi connectivity index (χ1n) is 6.48. The maximum absolute atomic E-state index is 10.6. The van der Waals surface area contributed by atoms with Gasteiger partial charge < -0.3 is 5.11 Å². The van der Waals surface area contributed by atoms with Crippen LogP contribution in [0.2, 0.25) is 0 Å². The van der Waals surface area contributed by atoms with Gasteiger partial charge in [0.05, 0.1) is 6.10 Å². The van der Waals surface area contributed by atoms with Gasteiger partial charge in [-0.25, -0.2) is 0 Å². The second kappa shape index (κ2) is 5.83. The number of benzene rings is 2. The van der Waals surface area contributed by atoms with Gasteiger partial charge in [-0.3, -0.25) is 0 Å². The van der Waals surface area contributed by atoms with E-state index in [0.29, 0.717) is 5.92 Å². The van der Waals surface area contributed by atoms with Gasteiger partial charge in [-0.15, -0.1) is 0 Å². The van der Waals surface area contributed by atoms with E-state index in [1.165, 1.54) is 5.56 Å². The smallest absolute Gasteiger partial charge is 0.0860 e. The molecule has 0 aliphatic carbocycles. The van der Waals surface area contributed by atoms with E-state index in [1.54, 1.807) is 0 Å². The van der Waals surface area contributed by atoms with Crippen LogP contribution >= 0.6 is 0 Å². The summed E-state index contributed by atoms with van der Waals surface area (Å²) in [6.07, 6.45) is -0.450. The number of aliphatic hydroxyl groups is 1. The number of hydrogen-bond donors (Lipinski definition) is 1. The lowest BCUT2D eigenvalue weighted by Crippen LogP contribution is -2.16.